The van der Waals surface area contributed by atoms with Gasteiger partial charge in [0.05, 0.1) is 5.56 Å². The predicted octanol–water partition coefficient (Wildman–Crippen LogP) is 3.11. The minimum Gasteiger partial charge on any atom is -0.421 e. The number of hydrogen-bond acceptors (Lipinski definition) is 4. The third-order valence-corrected chi connectivity index (χ3v) is 2.82. The molecule has 0 fully saturated rings. The SMILES string of the molecule is Cc1ccc(-c2nnc(CCNC(C)(C)C)o2)c(F)c1. The van der Waals surface area contributed by atoms with E-state index in [2.05, 4.69) is 36.3 Å². The van der Waals surface area contributed by atoms with Crippen LogP contribution >= 0.6 is 0 Å². The van der Waals surface area contributed by atoms with Crippen LogP contribution in [0.4, 0.5) is 4.39 Å². The highest BCUT2D eigenvalue weighted by Crippen LogP contribution is 2.22. The van der Waals surface area contributed by atoms with Crippen LogP contribution in [0.5, 0.6) is 0 Å². The van der Waals surface area contributed by atoms with E-state index >= 15 is 0 Å². The molecule has 0 aliphatic rings. The molecule has 0 unspecified atom stereocenters. The molecule has 0 aliphatic carbocycles. The first kappa shape index (κ1) is 14.7. The normalized spacial score (nSPS) is 11.8. The molecule has 1 N–H and O–H groups in total. The van der Waals surface area contributed by atoms with Crippen molar-refractivity contribution in [3.8, 4) is 11.5 Å². The maximum Gasteiger partial charge on any atom is 0.250 e. The third kappa shape index (κ3) is 3.87. The fourth-order valence-corrected chi connectivity index (χ4v) is 1.80. The van der Waals surface area contributed by atoms with E-state index in [1.165, 1.54) is 6.07 Å². The van der Waals surface area contributed by atoms with E-state index in [1.807, 2.05) is 13.0 Å². The van der Waals surface area contributed by atoms with Gasteiger partial charge < -0.3 is 9.73 Å². The van der Waals surface area contributed by atoms with Crippen molar-refractivity contribution in [1.82, 2.24) is 15.5 Å². The van der Waals surface area contributed by atoms with Gasteiger partial charge in [0.15, 0.2) is 0 Å². The second-order valence-corrected chi connectivity index (χ2v) is 5.91. The Balaban J connectivity index is 2.05. The summed E-state index contributed by atoms with van der Waals surface area (Å²) >= 11 is 0. The molecule has 1 heterocycles. The van der Waals surface area contributed by atoms with Gasteiger partial charge in [0, 0.05) is 18.5 Å². The van der Waals surface area contributed by atoms with Gasteiger partial charge >= 0.3 is 0 Å². The van der Waals surface area contributed by atoms with Crippen molar-refractivity contribution in [1.29, 1.82) is 0 Å². The topological polar surface area (TPSA) is 51.0 Å². The van der Waals surface area contributed by atoms with Crippen molar-refractivity contribution in [2.24, 2.45) is 0 Å². The first-order valence-electron chi connectivity index (χ1n) is 6.69. The molecule has 4 nitrogen and oxygen atoms in total. The lowest BCUT2D eigenvalue weighted by Crippen LogP contribution is -2.37. The number of halogens is 1. The number of hydrogen-bond donors (Lipinski definition) is 1. The van der Waals surface area contributed by atoms with Crippen LogP contribution < -0.4 is 5.32 Å². The van der Waals surface area contributed by atoms with Crippen LogP contribution in [0.25, 0.3) is 11.5 Å². The van der Waals surface area contributed by atoms with Gasteiger partial charge in [-0.15, -0.1) is 10.2 Å². The van der Waals surface area contributed by atoms with E-state index in [4.69, 9.17) is 4.42 Å². The Kier molecular flexibility index (Phi) is 4.18. The molecule has 2 rings (SSSR count). The molecular formula is C15H20FN3O. The zero-order valence-electron chi connectivity index (χ0n) is 12.3. The molecule has 1 aromatic heterocycles. The van der Waals surface area contributed by atoms with E-state index in [9.17, 15) is 4.39 Å². The maximum atomic E-state index is 13.8. The number of aryl methyl sites for hydroxylation is 1. The van der Waals surface area contributed by atoms with Gasteiger partial charge in [0.2, 0.25) is 5.89 Å². The first-order valence-corrected chi connectivity index (χ1v) is 6.69. The summed E-state index contributed by atoms with van der Waals surface area (Å²) in [6.07, 6.45) is 0.623. The average molecular weight is 277 g/mol. The number of rotatable bonds is 4. The van der Waals surface area contributed by atoms with Crippen molar-refractivity contribution in [2.45, 2.75) is 39.7 Å². The van der Waals surface area contributed by atoms with E-state index in [0.29, 0.717) is 17.9 Å². The van der Waals surface area contributed by atoms with Crippen molar-refractivity contribution in [3.63, 3.8) is 0 Å². The summed E-state index contributed by atoms with van der Waals surface area (Å²) in [6, 6.07) is 4.94. The minimum atomic E-state index is -0.340. The standard InChI is InChI=1S/C15H20FN3O/c1-10-5-6-11(12(16)9-10)14-19-18-13(20-14)7-8-17-15(2,3)4/h5-6,9,17H,7-8H2,1-4H3. The Morgan fingerprint density at radius 2 is 2.00 bits per heavy atom. The highest BCUT2D eigenvalue weighted by atomic mass is 19.1. The van der Waals surface area contributed by atoms with Gasteiger partial charge in [0.25, 0.3) is 5.89 Å². The van der Waals surface area contributed by atoms with Crippen LogP contribution in [0, 0.1) is 12.7 Å². The zero-order valence-corrected chi connectivity index (χ0v) is 12.3. The highest BCUT2D eigenvalue weighted by molar-refractivity contribution is 5.54. The van der Waals surface area contributed by atoms with Gasteiger partial charge in [0.1, 0.15) is 5.82 Å². The Labute approximate surface area is 118 Å². The van der Waals surface area contributed by atoms with Crippen LogP contribution in [-0.2, 0) is 6.42 Å². The predicted molar refractivity (Wildman–Crippen MR) is 75.9 cm³/mol. The third-order valence-electron chi connectivity index (χ3n) is 2.82. The Bertz CT molecular complexity index is 587. The molecule has 108 valence electrons. The fraction of sp³-hybridized carbons (Fsp3) is 0.467. The van der Waals surface area contributed by atoms with Crippen molar-refractivity contribution in [3.05, 3.63) is 35.5 Å². The lowest BCUT2D eigenvalue weighted by Gasteiger charge is -2.19. The molecule has 0 saturated carbocycles. The summed E-state index contributed by atoms with van der Waals surface area (Å²) < 4.78 is 19.3. The van der Waals surface area contributed by atoms with Crippen LogP contribution in [0.15, 0.2) is 22.6 Å². The van der Waals surface area contributed by atoms with E-state index in [1.54, 1.807) is 6.07 Å². The van der Waals surface area contributed by atoms with E-state index in [-0.39, 0.29) is 17.2 Å². The smallest absolute Gasteiger partial charge is 0.250 e. The van der Waals surface area contributed by atoms with Crippen LogP contribution in [0.3, 0.4) is 0 Å². The average Bonchev–Trinajstić information content (AvgIpc) is 2.75. The molecule has 0 radical (unpaired) electrons. The van der Waals surface area contributed by atoms with Crippen LogP contribution in [0.2, 0.25) is 0 Å². The van der Waals surface area contributed by atoms with Gasteiger partial charge in [-0.3, -0.25) is 0 Å². The molecular weight excluding hydrogens is 257 g/mol. The molecule has 20 heavy (non-hydrogen) atoms. The number of aromatic nitrogens is 2. The number of nitrogens with zero attached hydrogens (tertiary/aromatic N) is 2. The minimum absolute atomic E-state index is 0.0475. The van der Waals surface area contributed by atoms with Crippen molar-refractivity contribution >= 4 is 0 Å². The van der Waals surface area contributed by atoms with Gasteiger partial charge in [-0.05, 0) is 45.4 Å². The van der Waals surface area contributed by atoms with Gasteiger partial charge in [-0.25, -0.2) is 4.39 Å². The quantitative estimate of drug-likeness (QED) is 0.933. The molecule has 0 spiro atoms. The summed E-state index contributed by atoms with van der Waals surface area (Å²) in [5.74, 6) is 0.401. The molecule has 0 atom stereocenters. The largest absolute Gasteiger partial charge is 0.421 e. The summed E-state index contributed by atoms with van der Waals surface area (Å²) in [5.41, 5.74) is 1.25. The molecule has 1 aromatic carbocycles. The maximum absolute atomic E-state index is 13.8. The number of benzene rings is 1. The van der Waals surface area contributed by atoms with Crippen molar-refractivity contribution in [2.75, 3.05) is 6.54 Å². The lowest BCUT2D eigenvalue weighted by molar-refractivity contribution is 0.411. The highest BCUT2D eigenvalue weighted by Gasteiger charge is 2.14. The summed E-state index contributed by atoms with van der Waals surface area (Å²) in [5, 5.41) is 11.2. The second kappa shape index (κ2) is 5.71. The molecule has 0 saturated heterocycles. The summed E-state index contributed by atoms with van der Waals surface area (Å²) in [7, 11) is 0. The summed E-state index contributed by atoms with van der Waals surface area (Å²) in [4.78, 5) is 0. The molecule has 0 aliphatic heterocycles. The van der Waals surface area contributed by atoms with Crippen molar-refractivity contribution < 1.29 is 8.81 Å². The summed E-state index contributed by atoms with van der Waals surface area (Å²) in [6.45, 7) is 8.85. The fourth-order valence-electron chi connectivity index (χ4n) is 1.80. The molecule has 2 aromatic rings. The lowest BCUT2D eigenvalue weighted by atomic mass is 10.1. The van der Waals surface area contributed by atoms with Gasteiger partial charge in [-0.1, -0.05) is 6.07 Å². The monoisotopic (exact) mass is 277 g/mol. The van der Waals surface area contributed by atoms with Crippen LogP contribution in [-0.4, -0.2) is 22.3 Å². The molecule has 0 bridgehead atoms. The first-order chi connectivity index (χ1) is 9.35. The Morgan fingerprint density at radius 1 is 1.25 bits per heavy atom. The van der Waals surface area contributed by atoms with Gasteiger partial charge in [-0.2, -0.15) is 0 Å². The van der Waals surface area contributed by atoms with E-state index in [0.717, 1.165) is 12.1 Å². The Hall–Kier alpha value is -1.75. The number of nitrogens with one attached hydrogen (secondary N) is 1. The second-order valence-electron chi connectivity index (χ2n) is 5.91. The Morgan fingerprint density at radius 3 is 2.65 bits per heavy atom. The zero-order chi connectivity index (χ0) is 14.8. The molecule has 0 amide bonds. The molecule has 5 heteroatoms. The van der Waals surface area contributed by atoms with Crippen LogP contribution in [0.1, 0.15) is 32.2 Å². The van der Waals surface area contributed by atoms with E-state index < -0.39 is 0 Å².